The van der Waals surface area contributed by atoms with Crippen LogP contribution in [0.5, 0.6) is 0 Å². The van der Waals surface area contributed by atoms with E-state index in [0.29, 0.717) is 12.0 Å². The SMILES string of the molecule is CC1(C)CCCC(NC(=O)Nc2ccc(CN)cc2)C1. The van der Waals surface area contributed by atoms with E-state index in [2.05, 4.69) is 24.5 Å². The Morgan fingerprint density at radius 1 is 1.35 bits per heavy atom. The molecule has 1 fully saturated rings. The van der Waals surface area contributed by atoms with Crippen molar-refractivity contribution in [2.24, 2.45) is 11.1 Å². The average molecular weight is 275 g/mol. The standard InChI is InChI=1S/C16H25N3O/c1-16(2)9-3-4-14(10-16)19-15(20)18-13-7-5-12(11-17)6-8-13/h5-8,14H,3-4,9-11,17H2,1-2H3,(H2,18,19,20). The lowest BCUT2D eigenvalue weighted by Gasteiger charge is -2.35. The third-order valence-electron chi connectivity index (χ3n) is 3.99. The van der Waals surface area contributed by atoms with Gasteiger partial charge in [-0.1, -0.05) is 32.4 Å². The molecule has 1 atom stereocenters. The first-order valence-corrected chi connectivity index (χ1v) is 7.35. The van der Waals surface area contributed by atoms with Crippen LogP contribution in [0, 0.1) is 5.41 Å². The second-order valence-electron chi connectivity index (χ2n) is 6.46. The van der Waals surface area contributed by atoms with Crippen LogP contribution in [-0.2, 0) is 6.54 Å². The second kappa shape index (κ2) is 6.27. The molecule has 20 heavy (non-hydrogen) atoms. The van der Waals surface area contributed by atoms with E-state index >= 15 is 0 Å². The van der Waals surface area contributed by atoms with Gasteiger partial charge >= 0.3 is 6.03 Å². The van der Waals surface area contributed by atoms with Crippen LogP contribution in [0.1, 0.15) is 45.1 Å². The van der Waals surface area contributed by atoms with E-state index in [1.165, 1.54) is 12.8 Å². The van der Waals surface area contributed by atoms with Crippen molar-refractivity contribution < 1.29 is 4.79 Å². The van der Waals surface area contributed by atoms with E-state index in [1.54, 1.807) is 0 Å². The van der Waals surface area contributed by atoms with Gasteiger partial charge in [0.1, 0.15) is 0 Å². The van der Waals surface area contributed by atoms with Crippen LogP contribution in [-0.4, -0.2) is 12.1 Å². The maximum Gasteiger partial charge on any atom is 0.319 e. The van der Waals surface area contributed by atoms with Crippen molar-refractivity contribution in [3.63, 3.8) is 0 Å². The minimum Gasteiger partial charge on any atom is -0.335 e. The number of nitrogens with one attached hydrogen (secondary N) is 2. The van der Waals surface area contributed by atoms with E-state index in [-0.39, 0.29) is 12.1 Å². The van der Waals surface area contributed by atoms with Crippen LogP contribution >= 0.6 is 0 Å². The summed E-state index contributed by atoms with van der Waals surface area (Å²) in [5, 5.41) is 5.95. The van der Waals surface area contributed by atoms with E-state index in [4.69, 9.17) is 5.73 Å². The third kappa shape index (κ3) is 4.23. The maximum absolute atomic E-state index is 12.0. The molecule has 1 saturated carbocycles. The molecule has 1 aliphatic rings. The molecule has 2 amide bonds. The number of benzene rings is 1. The fourth-order valence-electron chi connectivity index (χ4n) is 2.90. The van der Waals surface area contributed by atoms with E-state index in [9.17, 15) is 4.79 Å². The van der Waals surface area contributed by atoms with Gasteiger partial charge in [-0.25, -0.2) is 4.79 Å². The first kappa shape index (κ1) is 14.9. The summed E-state index contributed by atoms with van der Waals surface area (Å²) in [4.78, 5) is 12.0. The van der Waals surface area contributed by atoms with E-state index < -0.39 is 0 Å². The molecule has 4 N–H and O–H groups in total. The topological polar surface area (TPSA) is 67.2 Å². The Hall–Kier alpha value is -1.55. The van der Waals surface area contributed by atoms with E-state index in [1.807, 2.05) is 24.3 Å². The van der Waals surface area contributed by atoms with Gasteiger partial charge in [-0.3, -0.25) is 0 Å². The number of rotatable bonds is 3. The second-order valence-corrected chi connectivity index (χ2v) is 6.46. The first-order chi connectivity index (χ1) is 9.48. The molecule has 110 valence electrons. The zero-order chi connectivity index (χ0) is 14.6. The summed E-state index contributed by atoms with van der Waals surface area (Å²) in [6.07, 6.45) is 4.55. The summed E-state index contributed by atoms with van der Waals surface area (Å²) in [7, 11) is 0. The van der Waals surface area contributed by atoms with Crippen molar-refractivity contribution in [3.05, 3.63) is 29.8 Å². The molecule has 1 aliphatic carbocycles. The van der Waals surface area contributed by atoms with Crippen molar-refractivity contribution in [1.29, 1.82) is 0 Å². The highest BCUT2D eigenvalue weighted by atomic mass is 16.2. The van der Waals surface area contributed by atoms with Gasteiger partial charge in [0.25, 0.3) is 0 Å². The molecule has 0 saturated heterocycles. The lowest BCUT2D eigenvalue weighted by Crippen LogP contribution is -2.42. The number of urea groups is 1. The minimum atomic E-state index is -0.117. The zero-order valence-corrected chi connectivity index (χ0v) is 12.4. The van der Waals surface area contributed by atoms with Gasteiger partial charge < -0.3 is 16.4 Å². The molecule has 0 aromatic heterocycles. The van der Waals surface area contributed by atoms with Gasteiger partial charge in [0.05, 0.1) is 0 Å². The Bertz CT molecular complexity index is 453. The molecular formula is C16H25N3O. The number of hydrogen-bond acceptors (Lipinski definition) is 2. The molecule has 1 aromatic rings. The van der Waals surface area contributed by atoms with Crippen LogP contribution in [0.2, 0.25) is 0 Å². The number of amides is 2. The van der Waals surface area contributed by atoms with Gasteiger partial charge in [0, 0.05) is 18.3 Å². The van der Waals surface area contributed by atoms with Gasteiger partial charge in [-0.2, -0.15) is 0 Å². The Kier molecular flexibility index (Phi) is 4.65. The molecule has 1 aromatic carbocycles. The van der Waals surface area contributed by atoms with Crippen LogP contribution in [0.25, 0.3) is 0 Å². The molecule has 2 rings (SSSR count). The quantitative estimate of drug-likeness (QED) is 0.792. The lowest BCUT2D eigenvalue weighted by atomic mass is 9.75. The Morgan fingerprint density at radius 3 is 2.65 bits per heavy atom. The predicted octanol–water partition coefficient (Wildman–Crippen LogP) is 3.24. The van der Waals surface area contributed by atoms with E-state index in [0.717, 1.165) is 24.1 Å². The summed E-state index contributed by atoms with van der Waals surface area (Å²) < 4.78 is 0. The molecule has 0 heterocycles. The molecule has 4 nitrogen and oxygen atoms in total. The van der Waals surface area contributed by atoms with Crippen molar-refractivity contribution >= 4 is 11.7 Å². The monoisotopic (exact) mass is 275 g/mol. The van der Waals surface area contributed by atoms with Gasteiger partial charge in [0.2, 0.25) is 0 Å². The highest BCUT2D eigenvalue weighted by Gasteiger charge is 2.28. The van der Waals surface area contributed by atoms with Crippen molar-refractivity contribution in [2.75, 3.05) is 5.32 Å². The number of carbonyl (C=O) groups is 1. The molecular weight excluding hydrogens is 250 g/mol. The fraction of sp³-hybridized carbons (Fsp3) is 0.562. The summed E-state index contributed by atoms with van der Waals surface area (Å²) in [6, 6.07) is 7.79. The van der Waals surface area contributed by atoms with Crippen molar-refractivity contribution in [3.8, 4) is 0 Å². The maximum atomic E-state index is 12.0. The summed E-state index contributed by atoms with van der Waals surface area (Å²) in [5.41, 5.74) is 7.74. The summed E-state index contributed by atoms with van der Waals surface area (Å²) >= 11 is 0. The molecule has 0 radical (unpaired) electrons. The van der Waals surface area contributed by atoms with Gasteiger partial charge in [0.15, 0.2) is 0 Å². The highest BCUT2D eigenvalue weighted by molar-refractivity contribution is 5.89. The molecule has 4 heteroatoms. The van der Waals surface area contributed by atoms with Crippen LogP contribution < -0.4 is 16.4 Å². The van der Waals surface area contributed by atoms with Crippen LogP contribution in [0.3, 0.4) is 0 Å². The summed E-state index contributed by atoms with van der Waals surface area (Å²) in [6.45, 7) is 5.05. The average Bonchev–Trinajstić information content (AvgIpc) is 2.38. The van der Waals surface area contributed by atoms with Crippen LogP contribution in [0.4, 0.5) is 10.5 Å². The Labute approximate surface area is 121 Å². The van der Waals surface area contributed by atoms with Crippen molar-refractivity contribution in [2.45, 2.75) is 52.1 Å². The number of carbonyl (C=O) groups excluding carboxylic acids is 1. The predicted molar refractivity (Wildman–Crippen MR) is 82.5 cm³/mol. The first-order valence-electron chi connectivity index (χ1n) is 7.35. The van der Waals surface area contributed by atoms with Crippen LogP contribution in [0.15, 0.2) is 24.3 Å². The molecule has 0 aliphatic heterocycles. The highest BCUT2D eigenvalue weighted by Crippen LogP contribution is 2.35. The Morgan fingerprint density at radius 2 is 2.05 bits per heavy atom. The van der Waals surface area contributed by atoms with Gasteiger partial charge in [-0.15, -0.1) is 0 Å². The number of nitrogens with two attached hydrogens (primary N) is 1. The van der Waals surface area contributed by atoms with Crippen molar-refractivity contribution in [1.82, 2.24) is 5.32 Å². The van der Waals surface area contributed by atoms with Gasteiger partial charge in [-0.05, 0) is 42.4 Å². The number of hydrogen-bond donors (Lipinski definition) is 3. The lowest BCUT2D eigenvalue weighted by molar-refractivity contribution is 0.196. The smallest absolute Gasteiger partial charge is 0.319 e. The Balaban J connectivity index is 1.85. The number of anilines is 1. The molecule has 0 spiro atoms. The zero-order valence-electron chi connectivity index (χ0n) is 12.4. The minimum absolute atomic E-state index is 0.117. The fourth-order valence-corrected chi connectivity index (χ4v) is 2.90. The third-order valence-corrected chi connectivity index (χ3v) is 3.99. The molecule has 0 bridgehead atoms. The largest absolute Gasteiger partial charge is 0.335 e. The molecule has 1 unspecified atom stereocenters. The summed E-state index contributed by atoms with van der Waals surface area (Å²) in [5.74, 6) is 0. The normalized spacial score (nSPS) is 21.2.